The normalized spacial score (nSPS) is 14.9. The molecule has 0 spiro atoms. The fourth-order valence-electron chi connectivity index (χ4n) is 5.20. The quantitative estimate of drug-likeness (QED) is 0.183. The number of carbonyl (C=O) groups excluding carboxylic acids is 1. The molecule has 1 unspecified atom stereocenters. The molecule has 1 atom stereocenters. The number of nitrogens with zero attached hydrogens (tertiary/aromatic N) is 3. The minimum Gasteiger partial charge on any atom is -0.497 e. The molecule has 6 rings (SSSR count). The van der Waals surface area contributed by atoms with Crippen molar-refractivity contribution in [3.8, 4) is 5.75 Å². The van der Waals surface area contributed by atoms with Crippen LogP contribution >= 0.6 is 11.8 Å². The van der Waals surface area contributed by atoms with Crippen LogP contribution in [0.2, 0.25) is 0 Å². The number of hydrogen-bond donors (Lipinski definition) is 0. The maximum Gasteiger partial charge on any atom is 0.253 e. The van der Waals surface area contributed by atoms with Crippen molar-refractivity contribution in [3.05, 3.63) is 131 Å². The van der Waals surface area contributed by atoms with Crippen LogP contribution in [0.15, 0.2) is 113 Å². The number of rotatable bonds is 8. The summed E-state index contributed by atoms with van der Waals surface area (Å²) in [7, 11) is 1.65. The maximum atomic E-state index is 13.7. The molecule has 1 aliphatic rings. The van der Waals surface area contributed by atoms with Gasteiger partial charge in [-0.15, -0.1) is 11.8 Å². The van der Waals surface area contributed by atoms with Gasteiger partial charge in [-0.3, -0.25) is 4.79 Å². The number of aromatic nitrogens is 1. The van der Waals surface area contributed by atoms with Crippen LogP contribution in [0.25, 0.3) is 10.9 Å². The lowest BCUT2D eigenvalue weighted by atomic mass is 9.97. The second-order valence-corrected chi connectivity index (χ2v) is 11.2. The highest BCUT2D eigenvalue weighted by atomic mass is 32.2. The van der Waals surface area contributed by atoms with Crippen LogP contribution < -0.4 is 4.74 Å². The Kier molecular flexibility index (Phi) is 7.61. The summed E-state index contributed by atoms with van der Waals surface area (Å²) in [6.45, 7) is 2.68. The van der Waals surface area contributed by atoms with Crippen LogP contribution in [0.3, 0.4) is 0 Å². The Morgan fingerprint density at radius 2 is 1.71 bits per heavy atom. The highest BCUT2D eigenvalue weighted by molar-refractivity contribution is 8.00. The molecule has 1 amide bonds. The molecule has 206 valence electrons. The van der Waals surface area contributed by atoms with E-state index in [1.807, 2.05) is 36.4 Å². The van der Waals surface area contributed by atoms with Gasteiger partial charge in [0, 0.05) is 35.0 Å². The Bertz CT molecular complexity index is 1710. The Morgan fingerprint density at radius 3 is 2.44 bits per heavy atom. The van der Waals surface area contributed by atoms with Gasteiger partial charge in [0.2, 0.25) is 0 Å². The molecule has 0 aliphatic carbocycles. The molecule has 1 aromatic heterocycles. The van der Waals surface area contributed by atoms with Gasteiger partial charge in [0.25, 0.3) is 5.91 Å². The minimum absolute atomic E-state index is 0.0422. The monoisotopic (exact) mass is 563 g/mol. The van der Waals surface area contributed by atoms with E-state index in [1.54, 1.807) is 24.3 Å². The highest BCUT2D eigenvalue weighted by Crippen LogP contribution is 2.36. The molecular formula is C34H30FN3O2S. The second-order valence-electron chi connectivity index (χ2n) is 10.2. The zero-order valence-electron chi connectivity index (χ0n) is 23.0. The second kappa shape index (κ2) is 11.6. The Balaban J connectivity index is 1.25. The summed E-state index contributed by atoms with van der Waals surface area (Å²) in [6, 6.07) is 30.7. The average molecular weight is 564 g/mol. The minimum atomic E-state index is -0.246. The van der Waals surface area contributed by atoms with Gasteiger partial charge in [-0.25, -0.2) is 9.40 Å². The number of aryl methyl sites for hydroxylation is 1. The molecule has 5 aromatic rings. The first-order chi connectivity index (χ1) is 20.0. The van der Waals surface area contributed by atoms with Gasteiger partial charge in [-0.1, -0.05) is 60.2 Å². The van der Waals surface area contributed by atoms with Crippen LogP contribution in [0, 0.1) is 12.7 Å². The third-order valence-electron chi connectivity index (χ3n) is 7.42. The van der Waals surface area contributed by atoms with Gasteiger partial charge in [0.05, 0.1) is 24.6 Å². The molecule has 5 nitrogen and oxygen atoms in total. The standard InChI is InChI=1S/C34H30FN3O2S/c1-23-7-11-26(12-8-23)32-19-30(25-13-17-28(40-2)18-14-25)36-38(32)34(39)22-41-33-21-37(31-6-4-3-5-29(31)33)20-24-9-15-27(35)16-10-24/h3-18,21,32H,19-20,22H2,1-2H3. The van der Waals surface area contributed by atoms with Crippen molar-refractivity contribution in [2.75, 3.05) is 12.9 Å². The maximum absolute atomic E-state index is 13.7. The van der Waals surface area contributed by atoms with E-state index in [0.717, 1.165) is 43.9 Å². The molecule has 0 N–H and O–H groups in total. The van der Waals surface area contributed by atoms with Crippen molar-refractivity contribution in [2.45, 2.75) is 30.8 Å². The summed E-state index contributed by atoms with van der Waals surface area (Å²) < 4.78 is 20.9. The zero-order chi connectivity index (χ0) is 28.3. The van der Waals surface area contributed by atoms with Crippen molar-refractivity contribution in [1.29, 1.82) is 0 Å². The topological polar surface area (TPSA) is 46.8 Å². The number of methoxy groups -OCH3 is 1. The molecule has 41 heavy (non-hydrogen) atoms. The molecule has 0 saturated heterocycles. The Hall–Kier alpha value is -4.36. The third-order valence-corrected chi connectivity index (χ3v) is 8.45. The first-order valence-electron chi connectivity index (χ1n) is 13.5. The lowest BCUT2D eigenvalue weighted by Gasteiger charge is -2.22. The number of amides is 1. The lowest BCUT2D eigenvalue weighted by Crippen LogP contribution is -2.28. The van der Waals surface area contributed by atoms with Gasteiger partial charge >= 0.3 is 0 Å². The molecule has 0 radical (unpaired) electrons. The van der Waals surface area contributed by atoms with Gasteiger partial charge in [-0.05, 0) is 66.1 Å². The number of thioether (sulfide) groups is 1. The van der Waals surface area contributed by atoms with Crippen molar-refractivity contribution in [3.63, 3.8) is 0 Å². The van der Waals surface area contributed by atoms with E-state index >= 15 is 0 Å². The van der Waals surface area contributed by atoms with Crippen molar-refractivity contribution in [1.82, 2.24) is 9.58 Å². The summed E-state index contributed by atoms with van der Waals surface area (Å²) in [5.41, 5.74) is 6.19. The van der Waals surface area contributed by atoms with E-state index in [1.165, 1.54) is 29.5 Å². The Labute approximate surface area is 243 Å². The number of halogens is 1. The SMILES string of the molecule is COc1ccc(C2=NN(C(=O)CSc3cn(Cc4ccc(F)cc4)c4ccccc34)C(c3ccc(C)cc3)C2)cc1. The fourth-order valence-corrected chi connectivity index (χ4v) is 6.14. The van der Waals surface area contributed by atoms with E-state index in [0.29, 0.717) is 13.0 Å². The Morgan fingerprint density at radius 1 is 0.976 bits per heavy atom. The van der Waals surface area contributed by atoms with Crippen LogP contribution in [0.5, 0.6) is 5.75 Å². The molecule has 4 aromatic carbocycles. The average Bonchev–Trinajstić information content (AvgIpc) is 3.60. The summed E-state index contributed by atoms with van der Waals surface area (Å²) in [5.74, 6) is 0.751. The van der Waals surface area contributed by atoms with Crippen LogP contribution in [0.4, 0.5) is 4.39 Å². The molecular weight excluding hydrogens is 533 g/mol. The number of benzene rings is 4. The van der Waals surface area contributed by atoms with Gasteiger partial charge < -0.3 is 9.30 Å². The molecule has 1 aliphatic heterocycles. The number of ether oxygens (including phenoxy) is 1. The first-order valence-corrected chi connectivity index (χ1v) is 14.5. The largest absolute Gasteiger partial charge is 0.497 e. The van der Waals surface area contributed by atoms with Gasteiger partial charge in [0.15, 0.2) is 0 Å². The van der Waals surface area contributed by atoms with Gasteiger partial charge in [0.1, 0.15) is 11.6 Å². The number of hydrazone groups is 1. The van der Waals surface area contributed by atoms with Gasteiger partial charge in [-0.2, -0.15) is 5.10 Å². The number of para-hydroxylation sites is 1. The van der Waals surface area contributed by atoms with E-state index in [4.69, 9.17) is 9.84 Å². The van der Waals surface area contributed by atoms with Crippen LogP contribution in [0.1, 0.15) is 34.7 Å². The van der Waals surface area contributed by atoms with Crippen LogP contribution in [-0.4, -0.2) is 34.1 Å². The number of fused-ring (bicyclic) bond motifs is 1. The molecule has 0 fully saturated rings. The van der Waals surface area contributed by atoms with E-state index in [2.05, 4.69) is 54.1 Å². The molecule has 0 bridgehead atoms. The third kappa shape index (κ3) is 5.77. The summed E-state index contributed by atoms with van der Waals surface area (Å²) >= 11 is 1.52. The van der Waals surface area contributed by atoms with Crippen molar-refractivity contribution >= 4 is 34.3 Å². The fraction of sp³-hybridized carbons (Fsp3) is 0.176. The lowest BCUT2D eigenvalue weighted by molar-refractivity contribution is -0.130. The van der Waals surface area contributed by atoms with E-state index < -0.39 is 0 Å². The summed E-state index contributed by atoms with van der Waals surface area (Å²) in [4.78, 5) is 14.8. The van der Waals surface area contributed by atoms with Crippen molar-refractivity contribution < 1.29 is 13.9 Å². The van der Waals surface area contributed by atoms with Crippen LogP contribution in [-0.2, 0) is 11.3 Å². The summed E-state index contributed by atoms with van der Waals surface area (Å²) in [5, 5.41) is 7.60. The highest BCUT2D eigenvalue weighted by Gasteiger charge is 2.33. The number of carbonyl (C=O) groups is 1. The zero-order valence-corrected chi connectivity index (χ0v) is 23.8. The van der Waals surface area contributed by atoms with Crippen molar-refractivity contribution in [2.24, 2.45) is 5.10 Å². The predicted molar refractivity (Wildman–Crippen MR) is 163 cm³/mol. The van der Waals surface area contributed by atoms with E-state index in [9.17, 15) is 9.18 Å². The van der Waals surface area contributed by atoms with E-state index in [-0.39, 0.29) is 23.5 Å². The first kappa shape index (κ1) is 26.8. The molecule has 0 saturated carbocycles. The number of hydrogen-bond acceptors (Lipinski definition) is 4. The smallest absolute Gasteiger partial charge is 0.253 e. The molecule has 7 heteroatoms. The summed E-state index contributed by atoms with van der Waals surface area (Å²) in [6.07, 6.45) is 2.72. The molecule has 2 heterocycles. The predicted octanol–water partition coefficient (Wildman–Crippen LogP) is 7.62.